The van der Waals surface area contributed by atoms with Crippen LogP contribution in [0.5, 0.6) is 5.75 Å². The summed E-state index contributed by atoms with van der Waals surface area (Å²) in [6.07, 6.45) is 3.29. The molecule has 0 aliphatic rings. The van der Waals surface area contributed by atoms with Gasteiger partial charge >= 0.3 is 0 Å². The standard InChI is InChI=1S/C20H36N4O/c1-5-24(6-2)16-10-12-18(3)23-20(21-4)22-15-11-17-25-19-13-8-7-9-14-19/h7-9,13-14,18H,5-6,10-12,15-17H2,1-4H3,(H2,21,22,23). The van der Waals surface area contributed by atoms with E-state index in [4.69, 9.17) is 4.74 Å². The zero-order chi connectivity index (χ0) is 18.3. The van der Waals surface area contributed by atoms with Crippen molar-refractivity contribution >= 4 is 5.96 Å². The molecule has 25 heavy (non-hydrogen) atoms. The van der Waals surface area contributed by atoms with Crippen molar-refractivity contribution in [1.82, 2.24) is 15.5 Å². The molecule has 1 rings (SSSR count). The summed E-state index contributed by atoms with van der Waals surface area (Å²) in [6, 6.07) is 10.3. The summed E-state index contributed by atoms with van der Waals surface area (Å²) in [5, 5.41) is 6.82. The first-order valence-corrected chi connectivity index (χ1v) is 9.57. The summed E-state index contributed by atoms with van der Waals surface area (Å²) in [4.78, 5) is 6.77. The van der Waals surface area contributed by atoms with E-state index in [1.54, 1.807) is 0 Å². The predicted octanol–water partition coefficient (Wildman–Crippen LogP) is 3.13. The van der Waals surface area contributed by atoms with Crippen molar-refractivity contribution in [3.8, 4) is 5.75 Å². The first kappa shape index (κ1) is 21.3. The molecule has 0 amide bonds. The van der Waals surface area contributed by atoms with Crippen LogP contribution in [0.4, 0.5) is 0 Å². The summed E-state index contributed by atoms with van der Waals surface area (Å²) >= 11 is 0. The van der Waals surface area contributed by atoms with Gasteiger partial charge in [-0.25, -0.2) is 0 Å². The minimum absolute atomic E-state index is 0.419. The van der Waals surface area contributed by atoms with Crippen molar-refractivity contribution < 1.29 is 4.74 Å². The topological polar surface area (TPSA) is 48.9 Å². The van der Waals surface area contributed by atoms with Crippen LogP contribution in [-0.4, -0.2) is 56.7 Å². The lowest BCUT2D eigenvalue weighted by Gasteiger charge is -2.21. The molecule has 2 N–H and O–H groups in total. The van der Waals surface area contributed by atoms with E-state index < -0.39 is 0 Å². The van der Waals surface area contributed by atoms with Crippen LogP contribution in [0.1, 0.15) is 40.0 Å². The second-order valence-electron chi connectivity index (χ2n) is 6.23. The molecular weight excluding hydrogens is 312 g/mol. The minimum Gasteiger partial charge on any atom is -0.494 e. The van der Waals surface area contributed by atoms with E-state index in [9.17, 15) is 0 Å². The van der Waals surface area contributed by atoms with Crippen LogP contribution in [0.15, 0.2) is 35.3 Å². The van der Waals surface area contributed by atoms with Gasteiger partial charge in [-0.1, -0.05) is 32.0 Å². The van der Waals surface area contributed by atoms with E-state index in [1.165, 1.54) is 13.0 Å². The maximum absolute atomic E-state index is 5.69. The van der Waals surface area contributed by atoms with Gasteiger partial charge in [-0.2, -0.15) is 0 Å². The first-order chi connectivity index (χ1) is 12.2. The van der Waals surface area contributed by atoms with Crippen molar-refractivity contribution in [3.63, 3.8) is 0 Å². The number of hydrogen-bond donors (Lipinski definition) is 2. The molecule has 0 saturated carbocycles. The Labute approximate surface area is 153 Å². The number of nitrogens with zero attached hydrogens (tertiary/aromatic N) is 2. The van der Waals surface area contributed by atoms with E-state index in [1.807, 2.05) is 37.4 Å². The third kappa shape index (κ3) is 9.97. The van der Waals surface area contributed by atoms with Gasteiger partial charge in [-0.15, -0.1) is 0 Å². The van der Waals surface area contributed by atoms with Crippen LogP contribution >= 0.6 is 0 Å². The molecule has 0 aliphatic carbocycles. The molecule has 1 atom stereocenters. The summed E-state index contributed by atoms with van der Waals surface area (Å²) < 4.78 is 5.69. The minimum atomic E-state index is 0.419. The van der Waals surface area contributed by atoms with Gasteiger partial charge in [-0.05, 0) is 58.0 Å². The zero-order valence-electron chi connectivity index (χ0n) is 16.4. The van der Waals surface area contributed by atoms with E-state index in [2.05, 4.69) is 41.3 Å². The molecule has 0 fully saturated rings. The second-order valence-corrected chi connectivity index (χ2v) is 6.23. The Balaban J connectivity index is 2.12. The van der Waals surface area contributed by atoms with Gasteiger partial charge in [0.2, 0.25) is 0 Å². The smallest absolute Gasteiger partial charge is 0.191 e. The van der Waals surface area contributed by atoms with Gasteiger partial charge in [0.1, 0.15) is 5.75 Å². The molecule has 0 bridgehead atoms. The van der Waals surface area contributed by atoms with Crippen molar-refractivity contribution in [1.29, 1.82) is 0 Å². The van der Waals surface area contributed by atoms with Crippen LogP contribution in [0.3, 0.4) is 0 Å². The molecule has 0 aliphatic heterocycles. The number of hydrogen-bond acceptors (Lipinski definition) is 3. The van der Waals surface area contributed by atoms with E-state index in [0.717, 1.165) is 44.2 Å². The highest BCUT2D eigenvalue weighted by Crippen LogP contribution is 2.08. The average Bonchev–Trinajstić information content (AvgIpc) is 2.65. The van der Waals surface area contributed by atoms with Crippen LogP contribution < -0.4 is 15.4 Å². The van der Waals surface area contributed by atoms with Gasteiger partial charge < -0.3 is 20.3 Å². The molecular formula is C20H36N4O. The van der Waals surface area contributed by atoms with Gasteiger partial charge in [0.05, 0.1) is 6.61 Å². The summed E-state index contributed by atoms with van der Waals surface area (Å²) in [7, 11) is 1.82. The van der Waals surface area contributed by atoms with Gasteiger partial charge in [0.25, 0.3) is 0 Å². The number of ether oxygens (including phenoxy) is 1. The van der Waals surface area contributed by atoms with Gasteiger partial charge in [-0.3, -0.25) is 4.99 Å². The SMILES string of the molecule is CCN(CC)CCCC(C)NC(=NC)NCCCOc1ccccc1. The van der Waals surface area contributed by atoms with Crippen molar-refractivity contribution in [2.45, 2.75) is 46.1 Å². The number of benzene rings is 1. The number of nitrogens with one attached hydrogen (secondary N) is 2. The molecule has 142 valence electrons. The quantitative estimate of drug-likeness (QED) is 0.346. The number of para-hydroxylation sites is 1. The zero-order valence-corrected chi connectivity index (χ0v) is 16.4. The molecule has 1 unspecified atom stereocenters. The third-order valence-electron chi connectivity index (χ3n) is 4.24. The fourth-order valence-corrected chi connectivity index (χ4v) is 2.65. The largest absolute Gasteiger partial charge is 0.494 e. The maximum Gasteiger partial charge on any atom is 0.191 e. The molecule has 5 heteroatoms. The fraction of sp³-hybridized carbons (Fsp3) is 0.650. The number of guanidine groups is 1. The van der Waals surface area contributed by atoms with Crippen molar-refractivity contribution in [2.24, 2.45) is 4.99 Å². The third-order valence-corrected chi connectivity index (χ3v) is 4.24. The fourth-order valence-electron chi connectivity index (χ4n) is 2.65. The van der Waals surface area contributed by atoms with E-state index >= 15 is 0 Å². The Bertz CT molecular complexity index is 460. The van der Waals surface area contributed by atoms with Crippen LogP contribution in [0.2, 0.25) is 0 Å². The Hall–Kier alpha value is -1.75. The molecule has 5 nitrogen and oxygen atoms in total. The van der Waals surface area contributed by atoms with Crippen LogP contribution in [-0.2, 0) is 0 Å². The Kier molecular flexibility index (Phi) is 11.5. The monoisotopic (exact) mass is 348 g/mol. The second kappa shape index (κ2) is 13.5. The maximum atomic E-state index is 5.69. The highest BCUT2D eigenvalue weighted by Gasteiger charge is 2.06. The Morgan fingerprint density at radius 1 is 1.16 bits per heavy atom. The molecule has 0 heterocycles. The lowest BCUT2D eigenvalue weighted by Crippen LogP contribution is -2.43. The summed E-state index contributed by atoms with van der Waals surface area (Å²) in [5.74, 6) is 1.79. The van der Waals surface area contributed by atoms with Crippen molar-refractivity contribution in [2.75, 3.05) is 39.8 Å². The lowest BCUT2D eigenvalue weighted by atomic mass is 10.2. The van der Waals surface area contributed by atoms with Crippen LogP contribution in [0, 0.1) is 0 Å². The average molecular weight is 349 g/mol. The van der Waals surface area contributed by atoms with E-state index in [0.29, 0.717) is 12.6 Å². The Morgan fingerprint density at radius 2 is 1.88 bits per heavy atom. The molecule has 0 spiro atoms. The number of rotatable bonds is 12. The molecule has 0 aromatic heterocycles. The van der Waals surface area contributed by atoms with Crippen molar-refractivity contribution in [3.05, 3.63) is 30.3 Å². The summed E-state index contributed by atoms with van der Waals surface area (Å²) in [5.41, 5.74) is 0. The molecule has 1 aromatic carbocycles. The predicted molar refractivity (Wildman–Crippen MR) is 108 cm³/mol. The molecule has 1 aromatic rings. The van der Waals surface area contributed by atoms with Crippen LogP contribution in [0.25, 0.3) is 0 Å². The van der Waals surface area contributed by atoms with E-state index in [-0.39, 0.29) is 0 Å². The van der Waals surface area contributed by atoms with Gasteiger partial charge in [0.15, 0.2) is 5.96 Å². The van der Waals surface area contributed by atoms with Gasteiger partial charge in [0, 0.05) is 19.6 Å². The first-order valence-electron chi connectivity index (χ1n) is 9.57. The normalized spacial score (nSPS) is 12.9. The number of aliphatic imine (C=N–C) groups is 1. The highest BCUT2D eigenvalue weighted by molar-refractivity contribution is 5.79. The Morgan fingerprint density at radius 3 is 2.52 bits per heavy atom. The molecule has 0 saturated heterocycles. The molecule has 0 radical (unpaired) electrons. The highest BCUT2D eigenvalue weighted by atomic mass is 16.5. The summed E-state index contributed by atoms with van der Waals surface area (Å²) in [6.45, 7) is 11.6. The lowest BCUT2D eigenvalue weighted by molar-refractivity contribution is 0.292.